The minimum Gasteiger partial charge on any atom is -0.355 e. The Morgan fingerprint density at radius 3 is 2.72 bits per heavy atom. The van der Waals surface area contributed by atoms with E-state index in [4.69, 9.17) is 5.73 Å². The summed E-state index contributed by atoms with van der Waals surface area (Å²) in [5.74, 6) is 0.160. The molecule has 0 atom stereocenters. The molecule has 102 valence electrons. The SMILES string of the molecule is Cl.NCC1(C(=O)NCCc2ccsc2)CCCC1. The van der Waals surface area contributed by atoms with Crippen LogP contribution in [0.1, 0.15) is 31.2 Å². The second kappa shape index (κ2) is 7.12. The first-order chi connectivity index (χ1) is 8.27. The standard InChI is InChI=1S/C13H20N2OS.ClH/c14-10-13(5-1-2-6-13)12(16)15-7-3-11-4-8-17-9-11;/h4,8-9H,1-3,5-7,10,14H2,(H,15,16);1H. The van der Waals surface area contributed by atoms with Crippen molar-refractivity contribution in [1.29, 1.82) is 0 Å². The van der Waals surface area contributed by atoms with Gasteiger partial charge < -0.3 is 11.1 Å². The largest absolute Gasteiger partial charge is 0.355 e. The Morgan fingerprint density at radius 2 is 2.17 bits per heavy atom. The number of hydrogen-bond acceptors (Lipinski definition) is 3. The fraction of sp³-hybridized carbons (Fsp3) is 0.615. The molecule has 1 aliphatic carbocycles. The summed E-state index contributed by atoms with van der Waals surface area (Å²) in [7, 11) is 0. The van der Waals surface area contributed by atoms with Crippen LogP contribution in [0, 0.1) is 5.41 Å². The van der Waals surface area contributed by atoms with Gasteiger partial charge in [-0.1, -0.05) is 12.8 Å². The second-order valence-electron chi connectivity index (χ2n) is 4.83. The van der Waals surface area contributed by atoms with E-state index in [-0.39, 0.29) is 23.7 Å². The highest BCUT2D eigenvalue weighted by Gasteiger charge is 2.39. The van der Waals surface area contributed by atoms with Gasteiger partial charge in [0.2, 0.25) is 5.91 Å². The molecule has 0 radical (unpaired) electrons. The van der Waals surface area contributed by atoms with Gasteiger partial charge in [0.1, 0.15) is 0 Å². The molecule has 1 aromatic rings. The fourth-order valence-corrected chi connectivity index (χ4v) is 3.22. The first-order valence-corrected chi connectivity index (χ1v) is 7.21. The molecular formula is C13H21ClN2OS. The number of hydrogen-bond donors (Lipinski definition) is 2. The van der Waals surface area contributed by atoms with Crippen LogP contribution in [0.15, 0.2) is 16.8 Å². The third-order valence-electron chi connectivity index (χ3n) is 3.71. The molecule has 0 aromatic carbocycles. The molecule has 0 aliphatic heterocycles. The molecular weight excluding hydrogens is 268 g/mol. The molecule has 0 unspecified atom stereocenters. The molecule has 1 aromatic heterocycles. The smallest absolute Gasteiger partial charge is 0.227 e. The fourth-order valence-electron chi connectivity index (χ4n) is 2.52. The molecule has 0 spiro atoms. The number of carbonyl (C=O) groups is 1. The summed E-state index contributed by atoms with van der Waals surface area (Å²) in [6.07, 6.45) is 5.09. The van der Waals surface area contributed by atoms with E-state index in [0.717, 1.165) is 38.6 Å². The summed E-state index contributed by atoms with van der Waals surface area (Å²) in [5.41, 5.74) is 6.80. The third kappa shape index (κ3) is 3.46. The van der Waals surface area contributed by atoms with E-state index in [0.29, 0.717) is 6.54 Å². The van der Waals surface area contributed by atoms with E-state index < -0.39 is 0 Å². The molecule has 1 heterocycles. The van der Waals surface area contributed by atoms with Gasteiger partial charge in [0.25, 0.3) is 0 Å². The van der Waals surface area contributed by atoms with Crippen molar-refractivity contribution in [3.8, 4) is 0 Å². The van der Waals surface area contributed by atoms with Crippen LogP contribution in [0.5, 0.6) is 0 Å². The minimum absolute atomic E-state index is 0. The van der Waals surface area contributed by atoms with Crippen LogP contribution in [0.2, 0.25) is 0 Å². The average Bonchev–Trinajstić information content (AvgIpc) is 3.00. The molecule has 0 bridgehead atoms. The van der Waals surface area contributed by atoms with Crippen molar-refractivity contribution >= 4 is 29.7 Å². The first kappa shape index (κ1) is 15.5. The number of rotatable bonds is 5. The van der Waals surface area contributed by atoms with Gasteiger partial charge in [0.15, 0.2) is 0 Å². The Labute approximate surface area is 119 Å². The number of halogens is 1. The Kier molecular flexibility index (Phi) is 6.12. The van der Waals surface area contributed by atoms with Gasteiger partial charge in [0, 0.05) is 13.1 Å². The van der Waals surface area contributed by atoms with Gasteiger partial charge in [-0.25, -0.2) is 0 Å². The highest BCUT2D eigenvalue weighted by atomic mass is 35.5. The zero-order valence-electron chi connectivity index (χ0n) is 10.5. The lowest BCUT2D eigenvalue weighted by molar-refractivity contribution is -0.130. The molecule has 3 N–H and O–H groups in total. The lowest BCUT2D eigenvalue weighted by atomic mass is 9.85. The van der Waals surface area contributed by atoms with E-state index in [2.05, 4.69) is 22.1 Å². The van der Waals surface area contributed by atoms with Gasteiger partial charge in [-0.05, 0) is 41.7 Å². The van der Waals surface area contributed by atoms with E-state index in [1.54, 1.807) is 11.3 Å². The van der Waals surface area contributed by atoms with Gasteiger partial charge in [0.05, 0.1) is 5.41 Å². The third-order valence-corrected chi connectivity index (χ3v) is 4.44. The maximum Gasteiger partial charge on any atom is 0.227 e. The Balaban J connectivity index is 0.00000162. The number of carbonyl (C=O) groups excluding carboxylic acids is 1. The summed E-state index contributed by atoms with van der Waals surface area (Å²) in [6.45, 7) is 1.20. The molecule has 2 rings (SSSR count). The number of thiophene rings is 1. The summed E-state index contributed by atoms with van der Waals surface area (Å²) in [6, 6.07) is 2.10. The quantitative estimate of drug-likeness (QED) is 0.874. The average molecular weight is 289 g/mol. The predicted molar refractivity (Wildman–Crippen MR) is 78.2 cm³/mol. The second-order valence-corrected chi connectivity index (χ2v) is 5.61. The maximum atomic E-state index is 12.1. The van der Waals surface area contributed by atoms with Crippen LogP contribution in [0.3, 0.4) is 0 Å². The zero-order valence-corrected chi connectivity index (χ0v) is 12.1. The number of amides is 1. The Bertz CT molecular complexity index is 361. The van der Waals surface area contributed by atoms with Crippen molar-refractivity contribution in [2.75, 3.05) is 13.1 Å². The van der Waals surface area contributed by atoms with Crippen LogP contribution in [0.25, 0.3) is 0 Å². The highest BCUT2D eigenvalue weighted by Crippen LogP contribution is 2.37. The number of nitrogens with one attached hydrogen (secondary N) is 1. The topological polar surface area (TPSA) is 55.1 Å². The molecule has 0 saturated heterocycles. The summed E-state index contributed by atoms with van der Waals surface area (Å²) >= 11 is 1.69. The first-order valence-electron chi connectivity index (χ1n) is 6.26. The van der Waals surface area contributed by atoms with Gasteiger partial charge >= 0.3 is 0 Å². The number of nitrogens with two attached hydrogens (primary N) is 1. The summed E-state index contributed by atoms with van der Waals surface area (Å²) in [5, 5.41) is 7.23. The van der Waals surface area contributed by atoms with Gasteiger partial charge in [-0.2, -0.15) is 11.3 Å². The monoisotopic (exact) mass is 288 g/mol. The minimum atomic E-state index is -0.269. The van der Waals surface area contributed by atoms with Gasteiger partial charge in [-0.3, -0.25) is 4.79 Å². The van der Waals surface area contributed by atoms with E-state index in [1.165, 1.54) is 5.56 Å². The van der Waals surface area contributed by atoms with Crippen molar-refractivity contribution in [3.63, 3.8) is 0 Å². The summed E-state index contributed by atoms with van der Waals surface area (Å²) in [4.78, 5) is 12.1. The summed E-state index contributed by atoms with van der Waals surface area (Å²) < 4.78 is 0. The van der Waals surface area contributed by atoms with Crippen LogP contribution >= 0.6 is 23.7 Å². The molecule has 1 aliphatic rings. The zero-order chi connectivity index (χ0) is 12.1. The lowest BCUT2D eigenvalue weighted by Gasteiger charge is -2.25. The predicted octanol–water partition coefficient (Wildman–Crippen LogP) is 2.35. The van der Waals surface area contributed by atoms with Crippen molar-refractivity contribution in [2.45, 2.75) is 32.1 Å². The lowest BCUT2D eigenvalue weighted by Crippen LogP contribution is -2.44. The van der Waals surface area contributed by atoms with E-state index in [9.17, 15) is 4.79 Å². The normalized spacial score (nSPS) is 17.2. The Hall–Kier alpha value is -0.580. The van der Waals surface area contributed by atoms with Crippen LogP contribution in [0.4, 0.5) is 0 Å². The van der Waals surface area contributed by atoms with E-state index in [1.807, 2.05) is 0 Å². The highest BCUT2D eigenvalue weighted by molar-refractivity contribution is 7.07. The Morgan fingerprint density at radius 1 is 1.44 bits per heavy atom. The molecule has 3 nitrogen and oxygen atoms in total. The molecule has 5 heteroatoms. The van der Waals surface area contributed by atoms with Crippen molar-refractivity contribution in [1.82, 2.24) is 5.32 Å². The van der Waals surface area contributed by atoms with Crippen molar-refractivity contribution in [2.24, 2.45) is 11.1 Å². The van der Waals surface area contributed by atoms with Gasteiger partial charge in [-0.15, -0.1) is 12.4 Å². The van der Waals surface area contributed by atoms with Crippen LogP contribution in [-0.2, 0) is 11.2 Å². The van der Waals surface area contributed by atoms with Crippen molar-refractivity contribution < 1.29 is 4.79 Å². The van der Waals surface area contributed by atoms with Crippen molar-refractivity contribution in [3.05, 3.63) is 22.4 Å². The molecule has 18 heavy (non-hydrogen) atoms. The molecule has 1 saturated carbocycles. The van der Waals surface area contributed by atoms with Crippen LogP contribution in [-0.4, -0.2) is 19.0 Å². The maximum absolute atomic E-state index is 12.1. The van der Waals surface area contributed by atoms with Crippen LogP contribution < -0.4 is 11.1 Å². The molecule has 1 fully saturated rings. The molecule has 1 amide bonds. The van der Waals surface area contributed by atoms with E-state index >= 15 is 0 Å².